The molecule has 0 aromatic heterocycles. The summed E-state index contributed by atoms with van der Waals surface area (Å²) >= 11 is 0. The van der Waals surface area contributed by atoms with E-state index in [9.17, 15) is 9.59 Å². The maximum absolute atomic E-state index is 12.1. The minimum atomic E-state index is -0.301. The molecule has 0 saturated heterocycles. The molecule has 0 N–H and O–H groups in total. The average Bonchev–Trinajstić information content (AvgIpc) is 2.65. The standard InChI is InChI=1S/C14H20O3/c1-2-17-13(16)10-11-6-3-4-8-14(11)9-5-7-12(14)15/h6H,2-5,7-10H2,1H3. The van der Waals surface area contributed by atoms with Crippen LogP contribution in [-0.4, -0.2) is 18.4 Å². The Morgan fingerprint density at radius 1 is 1.41 bits per heavy atom. The molecule has 1 saturated carbocycles. The van der Waals surface area contributed by atoms with E-state index in [0.29, 0.717) is 25.2 Å². The monoisotopic (exact) mass is 236 g/mol. The lowest BCUT2D eigenvalue weighted by Gasteiger charge is -2.33. The number of ketones is 1. The van der Waals surface area contributed by atoms with E-state index in [1.807, 2.05) is 6.92 Å². The molecular formula is C14H20O3. The van der Waals surface area contributed by atoms with Crippen molar-refractivity contribution in [2.24, 2.45) is 5.41 Å². The van der Waals surface area contributed by atoms with E-state index in [0.717, 1.165) is 37.7 Å². The number of allylic oxidation sites excluding steroid dienone is 1. The molecule has 1 atom stereocenters. The number of rotatable bonds is 3. The highest BCUT2D eigenvalue weighted by atomic mass is 16.5. The van der Waals surface area contributed by atoms with Gasteiger partial charge in [-0.1, -0.05) is 6.08 Å². The van der Waals surface area contributed by atoms with Gasteiger partial charge in [-0.3, -0.25) is 9.59 Å². The molecule has 94 valence electrons. The molecule has 0 heterocycles. The summed E-state index contributed by atoms with van der Waals surface area (Å²) < 4.78 is 4.99. The second kappa shape index (κ2) is 5.03. The van der Waals surface area contributed by atoms with Crippen LogP contribution in [0, 0.1) is 5.41 Å². The first-order valence-electron chi connectivity index (χ1n) is 6.57. The zero-order chi connectivity index (χ0) is 12.3. The summed E-state index contributed by atoms with van der Waals surface area (Å²) in [7, 11) is 0. The van der Waals surface area contributed by atoms with Crippen molar-refractivity contribution in [3.63, 3.8) is 0 Å². The summed E-state index contributed by atoms with van der Waals surface area (Å²) in [5.41, 5.74) is 0.732. The van der Waals surface area contributed by atoms with Gasteiger partial charge in [-0.05, 0) is 44.6 Å². The molecule has 0 aliphatic heterocycles. The molecular weight excluding hydrogens is 216 g/mol. The molecule has 2 aliphatic rings. The Morgan fingerprint density at radius 3 is 2.82 bits per heavy atom. The quantitative estimate of drug-likeness (QED) is 0.559. The molecule has 0 aromatic rings. The Labute approximate surface area is 102 Å². The van der Waals surface area contributed by atoms with Crippen LogP contribution in [0.5, 0.6) is 0 Å². The molecule has 2 aliphatic carbocycles. The van der Waals surface area contributed by atoms with Crippen LogP contribution in [0.1, 0.15) is 51.9 Å². The maximum Gasteiger partial charge on any atom is 0.309 e. The topological polar surface area (TPSA) is 43.4 Å². The Kier molecular flexibility index (Phi) is 3.65. The van der Waals surface area contributed by atoms with Gasteiger partial charge < -0.3 is 4.74 Å². The largest absolute Gasteiger partial charge is 0.466 e. The van der Waals surface area contributed by atoms with Crippen LogP contribution in [0.15, 0.2) is 11.6 Å². The van der Waals surface area contributed by atoms with Gasteiger partial charge in [0.25, 0.3) is 0 Å². The Hall–Kier alpha value is -1.12. The molecule has 3 heteroatoms. The van der Waals surface area contributed by atoms with Gasteiger partial charge >= 0.3 is 5.97 Å². The zero-order valence-corrected chi connectivity index (χ0v) is 10.5. The van der Waals surface area contributed by atoms with E-state index in [1.54, 1.807) is 0 Å². The second-order valence-corrected chi connectivity index (χ2v) is 4.96. The number of carbonyl (C=O) groups excluding carboxylic acids is 2. The van der Waals surface area contributed by atoms with Gasteiger partial charge in [-0.2, -0.15) is 0 Å². The van der Waals surface area contributed by atoms with Crippen LogP contribution in [0.3, 0.4) is 0 Å². The number of carbonyl (C=O) groups is 2. The highest BCUT2D eigenvalue weighted by Crippen LogP contribution is 2.49. The van der Waals surface area contributed by atoms with E-state index in [1.165, 1.54) is 0 Å². The van der Waals surface area contributed by atoms with Gasteiger partial charge in [0.2, 0.25) is 0 Å². The third-order valence-electron chi connectivity index (χ3n) is 3.99. The average molecular weight is 236 g/mol. The molecule has 1 fully saturated rings. The molecule has 1 spiro atoms. The lowest BCUT2D eigenvalue weighted by atomic mass is 9.69. The number of hydrogen-bond acceptors (Lipinski definition) is 3. The van der Waals surface area contributed by atoms with Crippen molar-refractivity contribution in [1.29, 1.82) is 0 Å². The summed E-state index contributed by atoms with van der Waals surface area (Å²) in [5, 5.41) is 0. The summed E-state index contributed by atoms with van der Waals surface area (Å²) in [5.74, 6) is 0.146. The highest BCUT2D eigenvalue weighted by molar-refractivity contribution is 5.91. The number of ether oxygens (including phenoxy) is 1. The van der Waals surface area contributed by atoms with Gasteiger partial charge in [0, 0.05) is 6.42 Å². The van der Waals surface area contributed by atoms with E-state index in [4.69, 9.17) is 4.74 Å². The van der Waals surface area contributed by atoms with E-state index >= 15 is 0 Å². The molecule has 17 heavy (non-hydrogen) atoms. The summed E-state index contributed by atoms with van der Waals surface area (Å²) in [6, 6.07) is 0. The van der Waals surface area contributed by atoms with Crippen molar-refractivity contribution in [1.82, 2.24) is 0 Å². The number of esters is 1. The van der Waals surface area contributed by atoms with Crippen molar-refractivity contribution in [3.05, 3.63) is 11.6 Å². The first-order chi connectivity index (χ1) is 8.19. The minimum absolute atomic E-state index is 0.195. The molecule has 2 rings (SSSR count). The predicted molar refractivity (Wildman–Crippen MR) is 64.5 cm³/mol. The fraction of sp³-hybridized carbons (Fsp3) is 0.714. The third-order valence-corrected chi connectivity index (χ3v) is 3.99. The van der Waals surface area contributed by atoms with Crippen LogP contribution < -0.4 is 0 Å². The van der Waals surface area contributed by atoms with Crippen LogP contribution in [0.25, 0.3) is 0 Å². The second-order valence-electron chi connectivity index (χ2n) is 4.96. The Balaban J connectivity index is 2.15. The van der Waals surface area contributed by atoms with Gasteiger partial charge in [0.1, 0.15) is 5.78 Å². The van der Waals surface area contributed by atoms with Crippen molar-refractivity contribution in [3.8, 4) is 0 Å². The van der Waals surface area contributed by atoms with Gasteiger partial charge in [-0.15, -0.1) is 0 Å². The lowest BCUT2D eigenvalue weighted by Crippen LogP contribution is -2.31. The summed E-state index contributed by atoms with van der Waals surface area (Å²) in [6.45, 7) is 2.22. The number of hydrogen-bond donors (Lipinski definition) is 0. The fourth-order valence-corrected chi connectivity index (χ4v) is 3.18. The highest BCUT2D eigenvalue weighted by Gasteiger charge is 2.45. The SMILES string of the molecule is CCOC(=O)CC1=CCCCC12CCCC2=O. The van der Waals surface area contributed by atoms with Crippen molar-refractivity contribution in [2.45, 2.75) is 51.9 Å². The maximum atomic E-state index is 12.1. The normalized spacial score (nSPS) is 28.3. The molecule has 1 unspecified atom stereocenters. The van der Waals surface area contributed by atoms with Crippen molar-refractivity contribution >= 4 is 11.8 Å². The zero-order valence-electron chi connectivity index (χ0n) is 10.5. The van der Waals surface area contributed by atoms with Crippen molar-refractivity contribution in [2.75, 3.05) is 6.61 Å². The van der Waals surface area contributed by atoms with Gasteiger partial charge in [-0.25, -0.2) is 0 Å². The Morgan fingerprint density at radius 2 is 2.18 bits per heavy atom. The molecule has 0 amide bonds. The molecule has 0 aromatic carbocycles. The molecule has 0 bridgehead atoms. The predicted octanol–water partition coefficient (Wildman–Crippen LogP) is 2.79. The third kappa shape index (κ3) is 2.28. The summed E-state index contributed by atoms with van der Waals surface area (Å²) in [4.78, 5) is 23.7. The van der Waals surface area contributed by atoms with Crippen LogP contribution in [0.4, 0.5) is 0 Å². The van der Waals surface area contributed by atoms with Crippen LogP contribution in [-0.2, 0) is 14.3 Å². The van der Waals surface area contributed by atoms with E-state index in [-0.39, 0.29) is 11.4 Å². The van der Waals surface area contributed by atoms with E-state index < -0.39 is 0 Å². The van der Waals surface area contributed by atoms with Crippen LogP contribution in [0.2, 0.25) is 0 Å². The smallest absolute Gasteiger partial charge is 0.309 e. The number of Topliss-reactive ketones (excluding diaryl/α,β-unsaturated/α-hetero) is 1. The molecule has 3 nitrogen and oxygen atoms in total. The fourth-order valence-electron chi connectivity index (χ4n) is 3.18. The van der Waals surface area contributed by atoms with Gasteiger partial charge in [0.05, 0.1) is 18.4 Å². The molecule has 0 radical (unpaired) electrons. The van der Waals surface area contributed by atoms with Crippen molar-refractivity contribution < 1.29 is 14.3 Å². The van der Waals surface area contributed by atoms with Crippen LogP contribution >= 0.6 is 0 Å². The summed E-state index contributed by atoms with van der Waals surface area (Å²) in [6.07, 6.45) is 7.97. The lowest BCUT2D eigenvalue weighted by molar-refractivity contribution is -0.142. The Bertz CT molecular complexity index is 356. The first kappa shape index (κ1) is 12.3. The van der Waals surface area contributed by atoms with Gasteiger partial charge in [0.15, 0.2) is 0 Å². The first-order valence-corrected chi connectivity index (χ1v) is 6.57. The van der Waals surface area contributed by atoms with E-state index in [2.05, 4.69) is 6.08 Å². The minimum Gasteiger partial charge on any atom is -0.466 e.